The van der Waals surface area contributed by atoms with Crippen molar-refractivity contribution in [3.63, 3.8) is 0 Å². The summed E-state index contributed by atoms with van der Waals surface area (Å²) in [5, 5.41) is 19.0. The lowest BCUT2D eigenvalue weighted by molar-refractivity contribution is -0.153. The Bertz CT molecular complexity index is 470. The van der Waals surface area contributed by atoms with Crippen molar-refractivity contribution < 1.29 is 15.0 Å². The second-order valence-electron chi connectivity index (χ2n) is 8.56. The zero-order valence-corrected chi connectivity index (χ0v) is 15.3. The molecule has 0 radical (unpaired) electrons. The van der Waals surface area contributed by atoms with E-state index in [4.69, 9.17) is 5.11 Å². The van der Waals surface area contributed by atoms with E-state index in [2.05, 4.69) is 27.7 Å². The number of aliphatic hydroxyl groups is 2. The molecule has 2 rings (SSSR count). The van der Waals surface area contributed by atoms with E-state index in [1.165, 1.54) is 5.57 Å². The molecule has 0 amide bonds. The number of aliphatic hydroxyl groups excluding tert-OH is 2. The predicted molar refractivity (Wildman–Crippen MR) is 93.0 cm³/mol. The van der Waals surface area contributed by atoms with Gasteiger partial charge in [-0.05, 0) is 55.3 Å². The zero-order valence-electron chi connectivity index (χ0n) is 15.3. The van der Waals surface area contributed by atoms with Crippen LogP contribution in [0.4, 0.5) is 0 Å². The Morgan fingerprint density at radius 1 is 1.30 bits per heavy atom. The van der Waals surface area contributed by atoms with Gasteiger partial charge in [-0.2, -0.15) is 0 Å². The van der Waals surface area contributed by atoms with Crippen LogP contribution in [0.3, 0.4) is 0 Å². The summed E-state index contributed by atoms with van der Waals surface area (Å²) in [6.07, 6.45) is 7.79. The molecule has 0 heterocycles. The summed E-state index contributed by atoms with van der Waals surface area (Å²) in [5.41, 5.74) is 1.23. The van der Waals surface area contributed by atoms with Gasteiger partial charge >= 0.3 is 0 Å². The minimum Gasteiger partial charge on any atom is -0.396 e. The highest BCUT2D eigenvalue weighted by molar-refractivity contribution is 5.82. The minimum absolute atomic E-state index is 0.0907. The molecule has 0 aromatic heterocycles. The number of Topliss-reactive ketones (excluding diaryl/α,β-unsaturated/α-hetero) is 1. The molecule has 2 N–H and O–H groups in total. The molecule has 0 aromatic carbocycles. The number of carbonyl (C=O) groups excluding carboxylic acids is 1. The average molecular weight is 322 g/mol. The molecule has 0 saturated heterocycles. The van der Waals surface area contributed by atoms with Crippen molar-refractivity contribution in [1.82, 2.24) is 0 Å². The first-order valence-electron chi connectivity index (χ1n) is 9.18. The van der Waals surface area contributed by atoms with Gasteiger partial charge < -0.3 is 10.2 Å². The van der Waals surface area contributed by atoms with Crippen LogP contribution < -0.4 is 0 Å². The van der Waals surface area contributed by atoms with Crippen molar-refractivity contribution in [3.05, 3.63) is 11.6 Å². The first-order valence-corrected chi connectivity index (χ1v) is 9.18. The Balaban J connectivity index is 2.27. The number of hydrogen-bond donors (Lipinski definition) is 2. The van der Waals surface area contributed by atoms with Crippen LogP contribution >= 0.6 is 0 Å². The summed E-state index contributed by atoms with van der Waals surface area (Å²) in [4.78, 5) is 12.6. The number of rotatable bonds is 5. The van der Waals surface area contributed by atoms with Gasteiger partial charge in [0.25, 0.3) is 0 Å². The molecular weight excluding hydrogens is 288 g/mol. The van der Waals surface area contributed by atoms with Crippen LogP contribution in [0.15, 0.2) is 11.6 Å². The molecule has 5 unspecified atom stereocenters. The van der Waals surface area contributed by atoms with Gasteiger partial charge in [-0.1, -0.05) is 38.8 Å². The van der Waals surface area contributed by atoms with Crippen molar-refractivity contribution in [1.29, 1.82) is 0 Å². The average Bonchev–Trinajstić information content (AvgIpc) is 2.50. The summed E-state index contributed by atoms with van der Waals surface area (Å²) >= 11 is 0. The molecule has 2 aliphatic carbocycles. The van der Waals surface area contributed by atoms with Gasteiger partial charge in [-0.3, -0.25) is 4.79 Å². The highest BCUT2D eigenvalue weighted by Crippen LogP contribution is 2.61. The van der Waals surface area contributed by atoms with Gasteiger partial charge in [-0.25, -0.2) is 0 Å². The molecule has 2 saturated carbocycles. The highest BCUT2D eigenvalue weighted by Gasteiger charge is 2.57. The molecule has 2 fully saturated rings. The maximum Gasteiger partial charge on any atom is 0.136 e. The third-order valence-corrected chi connectivity index (χ3v) is 7.12. The van der Waals surface area contributed by atoms with Gasteiger partial charge in [0.15, 0.2) is 0 Å². The SMILES string of the molecule is CC(=CCO)CCC1C(C)C(=O)CC2C(C)(CO)CCCC12C. The number of carbonyl (C=O) groups is 1. The second-order valence-corrected chi connectivity index (χ2v) is 8.56. The van der Waals surface area contributed by atoms with E-state index < -0.39 is 0 Å². The van der Waals surface area contributed by atoms with Gasteiger partial charge in [0, 0.05) is 18.9 Å². The summed E-state index contributed by atoms with van der Waals surface area (Å²) in [6.45, 7) is 8.98. The fourth-order valence-electron chi connectivity index (χ4n) is 5.53. The fourth-order valence-corrected chi connectivity index (χ4v) is 5.53. The molecule has 3 nitrogen and oxygen atoms in total. The monoisotopic (exact) mass is 322 g/mol. The van der Waals surface area contributed by atoms with Gasteiger partial charge in [0.1, 0.15) is 5.78 Å². The third kappa shape index (κ3) is 3.41. The van der Waals surface area contributed by atoms with Crippen LogP contribution in [0, 0.1) is 28.6 Å². The molecular formula is C20H34O3. The number of fused-ring (bicyclic) bond motifs is 1. The molecule has 2 aliphatic rings. The Hall–Kier alpha value is -0.670. The first-order chi connectivity index (χ1) is 10.8. The summed E-state index contributed by atoms with van der Waals surface area (Å²) in [7, 11) is 0. The largest absolute Gasteiger partial charge is 0.396 e. The second kappa shape index (κ2) is 7.06. The molecule has 0 bridgehead atoms. The molecule has 23 heavy (non-hydrogen) atoms. The number of allylic oxidation sites excluding steroid dienone is 1. The van der Waals surface area contributed by atoms with Gasteiger partial charge in [0.05, 0.1) is 6.61 Å². The smallest absolute Gasteiger partial charge is 0.136 e. The standard InChI is InChI=1S/C20H34O3/c1-14(8-11-21)6-7-16-15(2)17(23)12-18-19(3,13-22)9-5-10-20(16,18)4/h8,15-16,18,21-22H,5-7,9-13H2,1-4H3. The van der Waals surface area contributed by atoms with E-state index in [9.17, 15) is 9.90 Å². The number of ketones is 1. The van der Waals surface area contributed by atoms with Crippen LogP contribution in [-0.2, 0) is 4.79 Å². The Labute approximate surface area is 141 Å². The molecule has 132 valence electrons. The maximum absolute atomic E-state index is 12.6. The van der Waals surface area contributed by atoms with Crippen molar-refractivity contribution in [2.75, 3.05) is 13.2 Å². The van der Waals surface area contributed by atoms with Crippen LogP contribution in [0.2, 0.25) is 0 Å². The normalized spacial score (nSPS) is 41.7. The van der Waals surface area contributed by atoms with Crippen molar-refractivity contribution in [2.24, 2.45) is 28.6 Å². The minimum atomic E-state index is -0.114. The van der Waals surface area contributed by atoms with Crippen LogP contribution in [0.1, 0.15) is 66.2 Å². The van der Waals surface area contributed by atoms with Gasteiger partial charge in [-0.15, -0.1) is 0 Å². The van der Waals surface area contributed by atoms with Crippen molar-refractivity contribution in [3.8, 4) is 0 Å². The molecule has 5 atom stereocenters. The molecule has 3 heteroatoms. The van der Waals surface area contributed by atoms with Gasteiger partial charge in [0.2, 0.25) is 0 Å². The van der Waals surface area contributed by atoms with Crippen molar-refractivity contribution >= 4 is 5.78 Å². The Morgan fingerprint density at radius 3 is 2.61 bits per heavy atom. The molecule has 0 aromatic rings. The van der Waals surface area contributed by atoms with E-state index >= 15 is 0 Å². The molecule has 0 spiro atoms. The quantitative estimate of drug-likeness (QED) is 0.758. The maximum atomic E-state index is 12.6. The van der Waals surface area contributed by atoms with Crippen LogP contribution in [-0.4, -0.2) is 29.2 Å². The van der Waals surface area contributed by atoms with E-state index in [0.29, 0.717) is 24.0 Å². The van der Waals surface area contributed by atoms with Crippen LogP contribution in [0.5, 0.6) is 0 Å². The third-order valence-electron chi connectivity index (χ3n) is 7.12. The summed E-state index contributed by atoms with van der Waals surface area (Å²) in [5.74, 6) is 1.16. The van der Waals surface area contributed by atoms with E-state index in [1.807, 2.05) is 6.08 Å². The zero-order chi connectivity index (χ0) is 17.3. The Kier molecular flexibility index (Phi) is 5.73. The summed E-state index contributed by atoms with van der Waals surface area (Å²) < 4.78 is 0. The first kappa shape index (κ1) is 18.7. The lowest BCUT2D eigenvalue weighted by atomic mass is 9.45. The van der Waals surface area contributed by atoms with E-state index in [-0.39, 0.29) is 30.0 Å². The topological polar surface area (TPSA) is 57.5 Å². The lowest BCUT2D eigenvalue weighted by Crippen LogP contribution is -2.55. The summed E-state index contributed by atoms with van der Waals surface area (Å²) in [6, 6.07) is 0. The van der Waals surface area contributed by atoms with E-state index in [0.717, 1.165) is 32.1 Å². The highest BCUT2D eigenvalue weighted by atomic mass is 16.3. The predicted octanol–water partition coefficient (Wildman–Crippen LogP) is 3.74. The number of hydrogen-bond acceptors (Lipinski definition) is 3. The van der Waals surface area contributed by atoms with Crippen LogP contribution in [0.25, 0.3) is 0 Å². The Morgan fingerprint density at radius 2 is 2.00 bits per heavy atom. The molecule has 0 aliphatic heterocycles. The lowest BCUT2D eigenvalue weighted by Gasteiger charge is -2.59. The fraction of sp³-hybridized carbons (Fsp3) is 0.850. The van der Waals surface area contributed by atoms with E-state index in [1.54, 1.807) is 0 Å². The van der Waals surface area contributed by atoms with Crippen molar-refractivity contribution in [2.45, 2.75) is 66.2 Å².